The van der Waals surface area contributed by atoms with Gasteiger partial charge in [-0.25, -0.2) is 4.79 Å². The van der Waals surface area contributed by atoms with Crippen molar-refractivity contribution in [3.05, 3.63) is 27.2 Å². The van der Waals surface area contributed by atoms with Crippen LogP contribution in [0, 0.1) is 0 Å². The van der Waals surface area contributed by atoms with Crippen LogP contribution in [0.2, 0.25) is 5.02 Å². The standard InChI is InChI=1S/C11H11BrClF2NO3/c1-2-19-10(18)11(14,15)9(16)7-5(12)3-4-6(13)8(7)17/h3-4,9,17H,2,16H2,1H3/t9-/m1/s1. The number of aromatic hydroxyl groups is 1. The van der Waals surface area contributed by atoms with Gasteiger partial charge in [-0.1, -0.05) is 27.5 Å². The lowest BCUT2D eigenvalue weighted by atomic mass is 10.0. The number of carbonyl (C=O) groups is 1. The van der Waals surface area contributed by atoms with Crippen LogP contribution in [0.1, 0.15) is 18.5 Å². The number of hydrogen-bond acceptors (Lipinski definition) is 4. The molecule has 19 heavy (non-hydrogen) atoms. The minimum absolute atomic E-state index is 0.117. The molecule has 0 aliphatic rings. The molecule has 0 aliphatic heterocycles. The summed E-state index contributed by atoms with van der Waals surface area (Å²) in [7, 11) is 0. The van der Waals surface area contributed by atoms with Gasteiger partial charge in [0, 0.05) is 10.0 Å². The fourth-order valence-electron chi connectivity index (χ4n) is 1.39. The summed E-state index contributed by atoms with van der Waals surface area (Å²) in [5.74, 6) is -6.35. The van der Waals surface area contributed by atoms with Gasteiger partial charge in [0.15, 0.2) is 0 Å². The molecule has 0 unspecified atom stereocenters. The Kier molecular flexibility index (Phi) is 5.11. The first-order chi connectivity index (χ1) is 8.73. The van der Waals surface area contributed by atoms with Crippen molar-refractivity contribution in [2.24, 2.45) is 5.73 Å². The molecule has 1 aromatic rings. The highest BCUT2D eigenvalue weighted by Gasteiger charge is 2.49. The SMILES string of the molecule is CCOC(=O)C(F)(F)[C@H](N)c1c(Br)ccc(Cl)c1O. The lowest BCUT2D eigenvalue weighted by Gasteiger charge is -2.23. The summed E-state index contributed by atoms with van der Waals surface area (Å²) in [6.45, 7) is 1.19. The summed E-state index contributed by atoms with van der Waals surface area (Å²) < 4.78 is 32.0. The number of rotatable bonds is 4. The predicted molar refractivity (Wildman–Crippen MR) is 69.3 cm³/mol. The maximum atomic E-state index is 13.8. The first-order valence-corrected chi connectivity index (χ1v) is 6.38. The first kappa shape index (κ1) is 16.1. The Balaban J connectivity index is 3.23. The molecular weight excluding hydrogens is 347 g/mol. The van der Waals surface area contributed by atoms with E-state index in [1.54, 1.807) is 0 Å². The molecule has 1 rings (SSSR count). The molecule has 0 amide bonds. The maximum Gasteiger partial charge on any atom is 0.379 e. The summed E-state index contributed by atoms with van der Waals surface area (Å²) in [6, 6.07) is 0.567. The van der Waals surface area contributed by atoms with Crippen LogP contribution in [0.25, 0.3) is 0 Å². The Morgan fingerprint density at radius 2 is 2.21 bits per heavy atom. The van der Waals surface area contributed by atoms with Crippen molar-refractivity contribution in [2.75, 3.05) is 6.61 Å². The lowest BCUT2D eigenvalue weighted by molar-refractivity contribution is -0.174. The van der Waals surface area contributed by atoms with Crippen molar-refractivity contribution >= 4 is 33.5 Å². The monoisotopic (exact) mass is 357 g/mol. The molecule has 1 aromatic carbocycles. The van der Waals surface area contributed by atoms with Crippen molar-refractivity contribution in [3.63, 3.8) is 0 Å². The molecule has 3 N–H and O–H groups in total. The molecule has 1 atom stereocenters. The van der Waals surface area contributed by atoms with Crippen LogP contribution in [0.4, 0.5) is 8.78 Å². The summed E-state index contributed by atoms with van der Waals surface area (Å²) in [5.41, 5.74) is 5.02. The predicted octanol–water partition coefficient (Wildman–Crippen LogP) is 3.01. The minimum atomic E-state index is -3.99. The normalized spacial score (nSPS) is 13.2. The van der Waals surface area contributed by atoms with Crippen LogP contribution in [-0.2, 0) is 9.53 Å². The molecule has 0 aliphatic carbocycles. The van der Waals surface area contributed by atoms with Crippen LogP contribution >= 0.6 is 27.5 Å². The van der Waals surface area contributed by atoms with Crippen LogP contribution in [0.5, 0.6) is 5.75 Å². The van der Waals surface area contributed by atoms with Gasteiger partial charge < -0.3 is 15.6 Å². The first-order valence-electron chi connectivity index (χ1n) is 5.20. The zero-order valence-electron chi connectivity index (χ0n) is 9.79. The second-order valence-electron chi connectivity index (χ2n) is 3.61. The van der Waals surface area contributed by atoms with Gasteiger partial charge in [-0.2, -0.15) is 8.78 Å². The molecule has 8 heteroatoms. The van der Waals surface area contributed by atoms with Gasteiger partial charge in [-0.15, -0.1) is 0 Å². The molecular formula is C11H11BrClF2NO3. The van der Waals surface area contributed by atoms with Crippen LogP contribution in [0.3, 0.4) is 0 Å². The molecule has 0 heterocycles. The maximum absolute atomic E-state index is 13.8. The molecule has 0 bridgehead atoms. The summed E-state index contributed by atoms with van der Waals surface area (Å²) in [5, 5.41) is 9.55. The van der Waals surface area contributed by atoms with Gasteiger partial charge in [0.2, 0.25) is 0 Å². The van der Waals surface area contributed by atoms with E-state index < -0.39 is 23.7 Å². The van der Waals surface area contributed by atoms with E-state index in [2.05, 4.69) is 20.7 Å². The van der Waals surface area contributed by atoms with Crippen molar-refractivity contribution in [2.45, 2.75) is 18.9 Å². The Morgan fingerprint density at radius 3 is 2.74 bits per heavy atom. The Bertz CT molecular complexity index is 499. The number of phenols is 1. The number of hydrogen-bond donors (Lipinski definition) is 2. The van der Waals surface area contributed by atoms with Gasteiger partial charge in [-0.05, 0) is 19.1 Å². The van der Waals surface area contributed by atoms with Crippen molar-refractivity contribution < 1.29 is 23.4 Å². The topological polar surface area (TPSA) is 72.5 Å². The second kappa shape index (κ2) is 6.02. The van der Waals surface area contributed by atoms with E-state index in [1.807, 2.05) is 0 Å². The zero-order valence-corrected chi connectivity index (χ0v) is 12.1. The highest BCUT2D eigenvalue weighted by Crippen LogP contribution is 2.42. The molecule has 0 radical (unpaired) electrons. The molecule has 0 spiro atoms. The summed E-state index contributed by atoms with van der Waals surface area (Å²) >= 11 is 8.61. The van der Waals surface area contributed by atoms with Crippen molar-refractivity contribution in [1.29, 1.82) is 0 Å². The number of alkyl halides is 2. The van der Waals surface area contributed by atoms with E-state index in [1.165, 1.54) is 19.1 Å². The highest BCUT2D eigenvalue weighted by molar-refractivity contribution is 9.10. The zero-order chi connectivity index (χ0) is 14.8. The van der Waals surface area contributed by atoms with Gasteiger partial charge in [0.25, 0.3) is 0 Å². The van der Waals surface area contributed by atoms with E-state index in [4.69, 9.17) is 17.3 Å². The third-order valence-electron chi connectivity index (χ3n) is 2.36. The Labute approximate surface area is 121 Å². The molecule has 0 fully saturated rings. The molecule has 4 nitrogen and oxygen atoms in total. The second-order valence-corrected chi connectivity index (χ2v) is 4.87. The van der Waals surface area contributed by atoms with Gasteiger partial charge in [-0.3, -0.25) is 0 Å². The number of benzene rings is 1. The smallest absolute Gasteiger partial charge is 0.379 e. The van der Waals surface area contributed by atoms with Gasteiger partial charge in [0.05, 0.1) is 11.6 Å². The summed E-state index contributed by atoms with van der Waals surface area (Å²) in [4.78, 5) is 11.2. The molecule has 0 saturated carbocycles. The van der Waals surface area contributed by atoms with E-state index in [0.29, 0.717) is 0 Å². The third-order valence-corrected chi connectivity index (χ3v) is 3.36. The summed E-state index contributed by atoms with van der Waals surface area (Å²) in [6.07, 6.45) is 0. The molecule has 0 saturated heterocycles. The number of carbonyl (C=O) groups excluding carboxylic acids is 1. The number of phenolic OH excluding ortho intramolecular Hbond substituents is 1. The fourth-order valence-corrected chi connectivity index (χ4v) is 2.12. The van der Waals surface area contributed by atoms with E-state index in [0.717, 1.165) is 0 Å². The van der Waals surface area contributed by atoms with E-state index in [9.17, 15) is 18.7 Å². The number of ether oxygens (including phenoxy) is 1. The lowest BCUT2D eigenvalue weighted by Crippen LogP contribution is -2.42. The Hall–Kier alpha value is -0.920. The van der Waals surface area contributed by atoms with E-state index in [-0.39, 0.29) is 21.7 Å². The molecule has 106 valence electrons. The van der Waals surface area contributed by atoms with Gasteiger partial charge in [0.1, 0.15) is 11.8 Å². The van der Waals surface area contributed by atoms with Crippen LogP contribution in [-0.4, -0.2) is 23.6 Å². The quantitative estimate of drug-likeness (QED) is 0.812. The molecule has 0 aromatic heterocycles. The Morgan fingerprint density at radius 1 is 1.63 bits per heavy atom. The largest absolute Gasteiger partial charge is 0.506 e. The fraction of sp³-hybridized carbons (Fsp3) is 0.364. The van der Waals surface area contributed by atoms with Crippen LogP contribution < -0.4 is 5.73 Å². The van der Waals surface area contributed by atoms with Crippen molar-refractivity contribution in [1.82, 2.24) is 0 Å². The average molecular weight is 359 g/mol. The average Bonchev–Trinajstić information content (AvgIpc) is 2.34. The van der Waals surface area contributed by atoms with Gasteiger partial charge >= 0.3 is 11.9 Å². The third kappa shape index (κ3) is 3.16. The highest BCUT2D eigenvalue weighted by atomic mass is 79.9. The number of halogens is 4. The minimum Gasteiger partial charge on any atom is -0.506 e. The number of nitrogens with two attached hydrogens (primary N) is 1. The van der Waals surface area contributed by atoms with Crippen LogP contribution in [0.15, 0.2) is 16.6 Å². The van der Waals surface area contributed by atoms with E-state index >= 15 is 0 Å². The van der Waals surface area contributed by atoms with Crippen molar-refractivity contribution in [3.8, 4) is 5.75 Å². The number of esters is 1.